The maximum absolute atomic E-state index is 13.3. The van der Waals surface area contributed by atoms with Gasteiger partial charge in [0.2, 0.25) is 0 Å². The highest BCUT2D eigenvalue weighted by Gasteiger charge is 2.50. The van der Waals surface area contributed by atoms with Crippen molar-refractivity contribution in [2.45, 2.75) is 25.6 Å². The SMILES string of the molecule is BCC(=O)c1ccc(O)c2c1CC1CC3CC(O)=C(C(N)=O)C(=O)C3C(O)=C1C2=O. The lowest BCUT2D eigenvalue weighted by Gasteiger charge is -2.41. The van der Waals surface area contributed by atoms with Gasteiger partial charge in [0.25, 0.3) is 5.91 Å². The number of hydrogen-bond donors (Lipinski definition) is 4. The Labute approximate surface area is 172 Å². The topological polar surface area (TPSA) is 155 Å². The zero-order chi connectivity index (χ0) is 21.9. The molecule has 0 aromatic heterocycles. The summed E-state index contributed by atoms with van der Waals surface area (Å²) in [6.07, 6.45) is 0.745. The van der Waals surface area contributed by atoms with E-state index in [-0.39, 0.29) is 41.8 Å². The Balaban J connectivity index is 1.86. The van der Waals surface area contributed by atoms with Crippen LogP contribution in [0.2, 0.25) is 6.32 Å². The molecule has 0 spiro atoms. The fourth-order valence-corrected chi connectivity index (χ4v) is 5.09. The highest BCUT2D eigenvalue weighted by Crippen LogP contribution is 2.49. The average Bonchev–Trinajstić information content (AvgIpc) is 2.66. The molecule has 4 rings (SSSR count). The molecule has 9 heteroatoms. The molecule has 30 heavy (non-hydrogen) atoms. The van der Waals surface area contributed by atoms with Crippen molar-refractivity contribution in [3.05, 3.63) is 51.5 Å². The van der Waals surface area contributed by atoms with E-state index in [1.54, 1.807) is 7.85 Å². The van der Waals surface area contributed by atoms with Crippen LogP contribution in [0.1, 0.15) is 39.1 Å². The first-order valence-electron chi connectivity index (χ1n) is 9.79. The summed E-state index contributed by atoms with van der Waals surface area (Å²) in [4.78, 5) is 50.0. The van der Waals surface area contributed by atoms with Crippen LogP contribution in [-0.4, -0.2) is 46.4 Å². The van der Waals surface area contributed by atoms with Gasteiger partial charge in [-0.15, -0.1) is 0 Å². The number of Topliss-reactive ketones (excluding diaryl/α,β-unsaturated/α-hetero) is 3. The Morgan fingerprint density at radius 1 is 1.13 bits per heavy atom. The number of phenols is 1. The first kappa shape index (κ1) is 19.9. The van der Waals surface area contributed by atoms with E-state index in [0.29, 0.717) is 17.5 Å². The van der Waals surface area contributed by atoms with Gasteiger partial charge < -0.3 is 21.1 Å². The molecule has 5 N–H and O–H groups in total. The van der Waals surface area contributed by atoms with Crippen molar-refractivity contribution < 1.29 is 34.5 Å². The smallest absolute Gasteiger partial charge is 0.255 e. The number of carbonyl (C=O) groups is 4. The van der Waals surface area contributed by atoms with Crippen LogP contribution in [-0.2, 0) is 16.0 Å². The fraction of sp³-hybridized carbons (Fsp3) is 0.333. The van der Waals surface area contributed by atoms with E-state index in [1.807, 2.05) is 0 Å². The lowest BCUT2D eigenvalue weighted by atomic mass is 9.62. The maximum atomic E-state index is 13.3. The predicted molar refractivity (Wildman–Crippen MR) is 107 cm³/mol. The maximum Gasteiger partial charge on any atom is 0.255 e. The average molecular weight is 409 g/mol. The third-order valence-electron chi connectivity index (χ3n) is 6.39. The molecule has 154 valence electrons. The molecule has 3 atom stereocenters. The highest BCUT2D eigenvalue weighted by atomic mass is 16.3. The standard InChI is InChI=1S/C21H20BNO7/c22-6-13(26)9-1-2-11(24)16-10(9)4-7-3-8-5-12(25)17(21(23)30)20(29)15(8)18(27)14(7)19(16)28/h1-2,7-8,15,24-25,27H,3-6,22H2,(H2,23,30). The normalized spacial score (nSPS) is 25.5. The summed E-state index contributed by atoms with van der Waals surface area (Å²) < 4.78 is 0. The Kier molecular flexibility index (Phi) is 4.56. The number of ketones is 3. The van der Waals surface area contributed by atoms with Gasteiger partial charge in [0.05, 0.1) is 11.5 Å². The number of phenolic OH excluding ortho intramolecular Hbond substituents is 1. The van der Waals surface area contributed by atoms with Crippen molar-refractivity contribution in [2.75, 3.05) is 0 Å². The van der Waals surface area contributed by atoms with Gasteiger partial charge in [0.15, 0.2) is 17.3 Å². The zero-order valence-electron chi connectivity index (χ0n) is 16.3. The Bertz CT molecular complexity index is 1100. The van der Waals surface area contributed by atoms with Crippen LogP contribution in [0.25, 0.3) is 0 Å². The molecule has 0 radical (unpaired) electrons. The molecule has 0 heterocycles. The number of primary amides is 1. The summed E-state index contributed by atoms with van der Waals surface area (Å²) in [5, 5.41) is 31.4. The molecule has 0 aliphatic heterocycles. The molecule has 8 nitrogen and oxygen atoms in total. The predicted octanol–water partition coefficient (Wildman–Crippen LogP) is 0.700. The van der Waals surface area contributed by atoms with Gasteiger partial charge in [-0.25, -0.2) is 0 Å². The van der Waals surface area contributed by atoms with E-state index in [1.165, 1.54) is 12.1 Å². The fourth-order valence-electron chi connectivity index (χ4n) is 5.09. The summed E-state index contributed by atoms with van der Waals surface area (Å²) in [7, 11) is 1.70. The number of allylic oxidation sites excluding steroid dienone is 3. The number of aliphatic hydroxyl groups is 2. The van der Waals surface area contributed by atoms with Gasteiger partial charge in [0, 0.05) is 17.6 Å². The molecule has 3 aliphatic rings. The first-order chi connectivity index (χ1) is 14.2. The molecule has 1 aromatic rings. The number of hydrogen-bond acceptors (Lipinski definition) is 7. The first-order valence-corrected chi connectivity index (χ1v) is 9.79. The minimum atomic E-state index is -1.15. The number of amides is 1. The highest BCUT2D eigenvalue weighted by molar-refractivity contribution is 6.25. The third-order valence-corrected chi connectivity index (χ3v) is 6.39. The number of carbonyl (C=O) groups excluding carboxylic acids is 4. The second-order valence-corrected chi connectivity index (χ2v) is 8.02. The van der Waals surface area contributed by atoms with Crippen molar-refractivity contribution in [1.82, 2.24) is 0 Å². The minimum Gasteiger partial charge on any atom is -0.511 e. The minimum absolute atomic E-state index is 0.0127. The number of rotatable bonds is 3. The lowest BCUT2D eigenvalue weighted by molar-refractivity contribution is -0.126. The number of nitrogens with two attached hydrogens (primary N) is 1. The summed E-state index contributed by atoms with van der Waals surface area (Å²) in [5.41, 5.74) is 5.43. The molecule has 3 unspecified atom stereocenters. The number of aromatic hydroxyl groups is 1. The van der Waals surface area contributed by atoms with Crippen molar-refractivity contribution in [2.24, 2.45) is 23.5 Å². The van der Waals surface area contributed by atoms with Crippen molar-refractivity contribution in [3.8, 4) is 5.75 Å². The lowest BCUT2D eigenvalue weighted by Crippen LogP contribution is -2.43. The molecule has 0 saturated heterocycles. The van der Waals surface area contributed by atoms with Crippen LogP contribution >= 0.6 is 0 Å². The Morgan fingerprint density at radius 2 is 1.83 bits per heavy atom. The van der Waals surface area contributed by atoms with Gasteiger partial charge in [-0.1, -0.05) is 0 Å². The van der Waals surface area contributed by atoms with Crippen LogP contribution < -0.4 is 5.73 Å². The molecular formula is C21H20BNO7. The van der Waals surface area contributed by atoms with Gasteiger partial charge in [-0.05, 0) is 48.7 Å². The van der Waals surface area contributed by atoms with Crippen LogP contribution in [0.15, 0.2) is 34.8 Å². The van der Waals surface area contributed by atoms with Crippen LogP contribution in [0.5, 0.6) is 5.75 Å². The Hall–Kier alpha value is -3.36. The van der Waals surface area contributed by atoms with E-state index >= 15 is 0 Å². The van der Waals surface area contributed by atoms with Crippen molar-refractivity contribution >= 4 is 31.1 Å². The zero-order valence-corrected chi connectivity index (χ0v) is 16.3. The molecular weight excluding hydrogens is 389 g/mol. The largest absolute Gasteiger partial charge is 0.511 e. The number of fused-ring (bicyclic) bond motifs is 3. The van der Waals surface area contributed by atoms with Gasteiger partial charge >= 0.3 is 0 Å². The monoisotopic (exact) mass is 409 g/mol. The van der Waals surface area contributed by atoms with E-state index in [4.69, 9.17) is 5.73 Å². The van der Waals surface area contributed by atoms with Crippen molar-refractivity contribution in [1.29, 1.82) is 0 Å². The van der Waals surface area contributed by atoms with E-state index < -0.39 is 52.3 Å². The van der Waals surface area contributed by atoms with Gasteiger partial charge in [-0.2, -0.15) is 0 Å². The van der Waals surface area contributed by atoms with E-state index in [0.717, 1.165) is 0 Å². The van der Waals surface area contributed by atoms with Crippen molar-refractivity contribution in [3.63, 3.8) is 0 Å². The number of benzene rings is 1. The Morgan fingerprint density at radius 3 is 2.47 bits per heavy atom. The second kappa shape index (κ2) is 6.86. The summed E-state index contributed by atoms with van der Waals surface area (Å²) >= 11 is 0. The summed E-state index contributed by atoms with van der Waals surface area (Å²) in [5.74, 6) is -5.98. The molecule has 0 bridgehead atoms. The quantitative estimate of drug-likeness (QED) is 0.325. The van der Waals surface area contributed by atoms with Crippen LogP contribution in [0.4, 0.5) is 0 Å². The van der Waals surface area contributed by atoms with Crippen LogP contribution in [0, 0.1) is 17.8 Å². The molecule has 3 aliphatic carbocycles. The van der Waals surface area contributed by atoms with Gasteiger partial charge in [0.1, 0.15) is 30.7 Å². The number of aliphatic hydroxyl groups excluding tert-OH is 2. The second-order valence-electron chi connectivity index (χ2n) is 8.02. The van der Waals surface area contributed by atoms with E-state index in [2.05, 4.69) is 0 Å². The molecule has 0 fully saturated rings. The van der Waals surface area contributed by atoms with E-state index in [9.17, 15) is 34.5 Å². The molecule has 1 amide bonds. The van der Waals surface area contributed by atoms with Crippen LogP contribution in [0.3, 0.4) is 0 Å². The third kappa shape index (κ3) is 2.68. The molecule has 1 aromatic carbocycles. The summed E-state index contributed by atoms with van der Waals surface area (Å²) in [6.45, 7) is 0. The van der Waals surface area contributed by atoms with Gasteiger partial charge in [-0.3, -0.25) is 19.2 Å². The summed E-state index contributed by atoms with van der Waals surface area (Å²) in [6, 6.07) is 2.77. The molecule has 0 saturated carbocycles.